The summed E-state index contributed by atoms with van der Waals surface area (Å²) in [5, 5.41) is 7.58. The zero-order valence-corrected chi connectivity index (χ0v) is 14.7. The van der Waals surface area contributed by atoms with Gasteiger partial charge in [0.25, 0.3) is 0 Å². The fraction of sp³-hybridized carbons (Fsp3) is 0.190. The monoisotopic (exact) mass is 372 g/mol. The Bertz CT molecular complexity index is 948. The second kappa shape index (κ2) is 7.80. The Hall–Kier alpha value is -2.86. The Morgan fingerprint density at radius 1 is 0.963 bits per heavy atom. The number of rotatable bonds is 5. The van der Waals surface area contributed by atoms with Crippen molar-refractivity contribution < 1.29 is 18.0 Å². The van der Waals surface area contributed by atoms with E-state index in [1.54, 1.807) is 0 Å². The molecular formula is C21H19F3N2O. The van der Waals surface area contributed by atoms with E-state index in [0.29, 0.717) is 0 Å². The van der Waals surface area contributed by atoms with E-state index < -0.39 is 17.6 Å². The van der Waals surface area contributed by atoms with Crippen molar-refractivity contribution in [3.63, 3.8) is 0 Å². The van der Waals surface area contributed by atoms with Crippen LogP contribution in [0.3, 0.4) is 0 Å². The lowest BCUT2D eigenvalue weighted by atomic mass is 10.00. The average molecular weight is 372 g/mol. The van der Waals surface area contributed by atoms with Crippen molar-refractivity contribution in [2.24, 2.45) is 0 Å². The molecule has 3 rings (SSSR count). The molecule has 0 saturated heterocycles. The van der Waals surface area contributed by atoms with Crippen LogP contribution in [0.15, 0.2) is 66.7 Å². The second-order valence-corrected chi connectivity index (χ2v) is 6.26. The maximum Gasteiger partial charge on any atom is 0.418 e. The first kappa shape index (κ1) is 18.9. The third kappa shape index (κ3) is 4.46. The molecule has 0 aliphatic rings. The van der Waals surface area contributed by atoms with E-state index in [0.717, 1.165) is 22.4 Å². The summed E-state index contributed by atoms with van der Waals surface area (Å²) in [6, 6.07) is 18.6. The zero-order valence-electron chi connectivity index (χ0n) is 14.7. The van der Waals surface area contributed by atoms with E-state index in [9.17, 15) is 18.0 Å². The fourth-order valence-corrected chi connectivity index (χ4v) is 3.02. The van der Waals surface area contributed by atoms with Gasteiger partial charge in [0, 0.05) is 6.04 Å². The molecule has 3 aromatic carbocycles. The summed E-state index contributed by atoms with van der Waals surface area (Å²) in [6.07, 6.45) is -4.52. The molecule has 0 aromatic heterocycles. The van der Waals surface area contributed by atoms with E-state index in [1.165, 1.54) is 18.2 Å². The lowest BCUT2D eigenvalue weighted by Gasteiger charge is -2.17. The number of carbonyl (C=O) groups excluding carboxylic acids is 1. The van der Waals surface area contributed by atoms with Crippen LogP contribution in [0.5, 0.6) is 0 Å². The number of alkyl halides is 3. The standard InChI is InChI=1S/C21H19F3N2O/c1-14(16-10-6-8-15-7-2-3-9-17(15)16)25-13-20(27)26-19-12-5-4-11-18(19)21(22,23)24/h2-12,14,25H,13H2,1H3,(H,26,27)/t14-/m0/s1. The summed E-state index contributed by atoms with van der Waals surface area (Å²) in [5.41, 5.74) is -0.0772. The molecule has 1 amide bonds. The van der Waals surface area contributed by atoms with Gasteiger partial charge < -0.3 is 10.6 Å². The van der Waals surface area contributed by atoms with Gasteiger partial charge in [0.1, 0.15) is 0 Å². The number of benzene rings is 3. The molecule has 0 aliphatic carbocycles. The molecule has 3 aromatic rings. The van der Waals surface area contributed by atoms with Crippen LogP contribution in [0.2, 0.25) is 0 Å². The Kier molecular flexibility index (Phi) is 5.46. The summed E-state index contributed by atoms with van der Waals surface area (Å²) in [4.78, 5) is 12.2. The minimum Gasteiger partial charge on any atom is -0.324 e. The highest BCUT2D eigenvalue weighted by Crippen LogP contribution is 2.34. The molecule has 2 N–H and O–H groups in total. The minimum atomic E-state index is -4.52. The second-order valence-electron chi connectivity index (χ2n) is 6.26. The number of anilines is 1. The molecule has 0 heterocycles. The van der Waals surface area contributed by atoms with Gasteiger partial charge in [0.05, 0.1) is 17.8 Å². The van der Waals surface area contributed by atoms with Crippen LogP contribution in [0, 0.1) is 0 Å². The topological polar surface area (TPSA) is 41.1 Å². The molecule has 6 heteroatoms. The Morgan fingerprint density at radius 3 is 2.41 bits per heavy atom. The molecule has 140 valence electrons. The quantitative estimate of drug-likeness (QED) is 0.650. The minimum absolute atomic E-state index is 0.101. The van der Waals surface area contributed by atoms with Crippen LogP contribution >= 0.6 is 0 Å². The Balaban J connectivity index is 1.68. The van der Waals surface area contributed by atoms with Crippen molar-refractivity contribution in [1.82, 2.24) is 5.32 Å². The molecule has 3 nitrogen and oxygen atoms in total. The first-order valence-electron chi connectivity index (χ1n) is 8.53. The molecule has 0 fully saturated rings. The molecular weight excluding hydrogens is 353 g/mol. The summed E-state index contributed by atoms with van der Waals surface area (Å²) < 4.78 is 39.0. The molecule has 1 atom stereocenters. The lowest BCUT2D eigenvalue weighted by molar-refractivity contribution is -0.137. The van der Waals surface area contributed by atoms with Crippen molar-refractivity contribution in [3.05, 3.63) is 77.9 Å². The number of amides is 1. The highest BCUT2D eigenvalue weighted by atomic mass is 19.4. The zero-order chi connectivity index (χ0) is 19.4. The van der Waals surface area contributed by atoms with Crippen LogP contribution < -0.4 is 10.6 Å². The number of nitrogens with one attached hydrogen (secondary N) is 2. The van der Waals surface area contributed by atoms with Gasteiger partial charge in [-0.3, -0.25) is 4.79 Å². The number of fused-ring (bicyclic) bond motifs is 1. The molecule has 0 aliphatic heterocycles. The van der Waals surface area contributed by atoms with Crippen molar-refractivity contribution in [1.29, 1.82) is 0 Å². The fourth-order valence-electron chi connectivity index (χ4n) is 3.02. The van der Waals surface area contributed by atoms with Crippen molar-refractivity contribution in [3.8, 4) is 0 Å². The van der Waals surface area contributed by atoms with E-state index in [1.807, 2.05) is 49.4 Å². The van der Waals surface area contributed by atoms with Gasteiger partial charge in [0.2, 0.25) is 5.91 Å². The number of hydrogen-bond acceptors (Lipinski definition) is 2. The third-order valence-corrected chi connectivity index (χ3v) is 4.37. The molecule has 0 spiro atoms. The smallest absolute Gasteiger partial charge is 0.324 e. The Morgan fingerprint density at radius 2 is 1.63 bits per heavy atom. The molecule has 0 radical (unpaired) electrons. The molecule has 27 heavy (non-hydrogen) atoms. The Labute approximate surface area is 155 Å². The maximum absolute atomic E-state index is 13.0. The third-order valence-electron chi connectivity index (χ3n) is 4.37. The predicted octanol–water partition coefficient (Wildman–Crippen LogP) is 5.15. The van der Waals surface area contributed by atoms with Crippen LogP contribution in [0.25, 0.3) is 10.8 Å². The van der Waals surface area contributed by atoms with Crippen molar-refractivity contribution >= 4 is 22.4 Å². The number of halogens is 3. The van der Waals surface area contributed by atoms with Gasteiger partial charge in [0.15, 0.2) is 0 Å². The maximum atomic E-state index is 13.0. The van der Waals surface area contributed by atoms with E-state index in [2.05, 4.69) is 10.6 Å². The van der Waals surface area contributed by atoms with Gasteiger partial charge in [-0.1, -0.05) is 54.6 Å². The number of para-hydroxylation sites is 1. The van der Waals surface area contributed by atoms with E-state index >= 15 is 0 Å². The molecule has 0 saturated carbocycles. The SMILES string of the molecule is C[C@H](NCC(=O)Nc1ccccc1C(F)(F)F)c1cccc2ccccc12. The first-order valence-corrected chi connectivity index (χ1v) is 8.53. The van der Waals surface area contributed by atoms with Gasteiger partial charge in [-0.05, 0) is 35.4 Å². The highest BCUT2D eigenvalue weighted by Gasteiger charge is 2.33. The summed E-state index contributed by atoms with van der Waals surface area (Å²) in [6.45, 7) is 1.81. The normalized spacial score (nSPS) is 12.7. The number of carbonyl (C=O) groups is 1. The highest BCUT2D eigenvalue weighted by molar-refractivity contribution is 5.93. The summed E-state index contributed by atoms with van der Waals surface area (Å²) in [7, 11) is 0. The summed E-state index contributed by atoms with van der Waals surface area (Å²) >= 11 is 0. The van der Waals surface area contributed by atoms with Crippen LogP contribution in [-0.2, 0) is 11.0 Å². The number of hydrogen-bond donors (Lipinski definition) is 2. The van der Waals surface area contributed by atoms with Gasteiger partial charge in [-0.2, -0.15) is 13.2 Å². The van der Waals surface area contributed by atoms with Crippen LogP contribution in [0.1, 0.15) is 24.1 Å². The largest absolute Gasteiger partial charge is 0.418 e. The van der Waals surface area contributed by atoms with Crippen molar-refractivity contribution in [2.75, 3.05) is 11.9 Å². The van der Waals surface area contributed by atoms with Crippen molar-refractivity contribution in [2.45, 2.75) is 19.1 Å². The van der Waals surface area contributed by atoms with Gasteiger partial charge in [-0.25, -0.2) is 0 Å². The molecule has 0 bridgehead atoms. The van der Waals surface area contributed by atoms with Crippen LogP contribution in [0.4, 0.5) is 18.9 Å². The first-order chi connectivity index (χ1) is 12.9. The molecule has 0 unspecified atom stereocenters. The van der Waals surface area contributed by atoms with Crippen LogP contribution in [-0.4, -0.2) is 12.5 Å². The lowest BCUT2D eigenvalue weighted by Crippen LogP contribution is -2.30. The predicted molar refractivity (Wildman–Crippen MR) is 100 cm³/mol. The van der Waals surface area contributed by atoms with Gasteiger partial charge in [-0.15, -0.1) is 0 Å². The summed E-state index contributed by atoms with van der Waals surface area (Å²) in [5.74, 6) is -0.529. The van der Waals surface area contributed by atoms with E-state index in [4.69, 9.17) is 0 Å². The average Bonchev–Trinajstić information content (AvgIpc) is 2.65. The van der Waals surface area contributed by atoms with E-state index in [-0.39, 0.29) is 18.3 Å². The van der Waals surface area contributed by atoms with Gasteiger partial charge >= 0.3 is 6.18 Å².